The standard InChI is InChI=1S/C40H30Cl2N2O4/c1-24-11-5-10-18-33(24)48-27-21-19-26(20-22-27)43-36(45)32(23-25-12-3-2-4-13-25)44-37(46)34-35(38(44)47)40(42)29-15-7-6-14-28(29)39(34,41)30-16-8-9-17-31(30)40/h2-22,32,34-35H,23H2,1H3,(H,43,45)/t32-,34+,35+,39?,40?/m0/s1. The van der Waals surface area contributed by atoms with Crippen molar-refractivity contribution < 1.29 is 19.1 Å². The molecule has 0 radical (unpaired) electrons. The van der Waals surface area contributed by atoms with Crippen LogP contribution in [-0.2, 0) is 30.6 Å². The molecule has 6 nitrogen and oxygen atoms in total. The second kappa shape index (κ2) is 11.4. The van der Waals surface area contributed by atoms with E-state index in [1.54, 1.807) is 24.3 Å². The Morgan fingerprint density at radius 2 is 1.19 bits per heavy atom. The molecule has 1 aliphatic heterocycles. The molecule has 8 heteroatoms. The number of amides is 3. The van der Waals surface area contributed by atoms with E-state index in [2.05, 4.69) is 5.32 Å². The summed E-state index contributed by atoms with van der Waals surface area (Å²) in [5, 5.41) is 2.95. The number of anilines is 1. The molecule has 238 valence electrons. The summed E-state index contributed by atoms with van der Waals surface area (Å²) >= 11 is 15.3. The van der Waals surface area contributed by atoms with Crippen molar-refractivity contribution in [2.75, 3.05) is 5.32 Å². The molecule has 3 aliphatic carbocycles. The number of alkyl halides is 2. The largest absolute Gasteiger partial charge is 0.457 e. The first-order chi connectivity index (χ1) is 23.2. The molecule has 4 aliphatic rings. The molecular formula is C40H30Cl2N2O4. The number of para-hydroxylation sites is 1. The van der Waals surface area contributed by atoms with Gasteiger partial charge in [0.05, 0.1) is 11.8 Å². The van der Waals surface area contributed by atoms with Gasteiger partial charge in [-0.15, -0.1) is 23.2 Å². The van der Waals surface area contributed by atoms with Gasteiger partial charge in [0.15, 0.2) is 0 Å². The molecule has 9 rings (SSSR count). The molecular weight excluding hydrogens is 643 g/mol. The van der Waals surface area contributed by atoms with E-state index in [0.717, 1.165) is 21.8 Å². The van der Waals surface area contributed by atoms with Crippen LogP contribution in [0.1, 0.15) is 33.4 Å². The number of carbonyl (C=O) groups excluding carboxylic acids is 3. The number of carbonyl (C=O) groups is 3. The summed E-state index contributed by atoms with van der Waals surface area (Å²) in [7, 11) is 0. The lowest BCUT2D eigenvalue weighted by Crippen LogP contribution is -2.57. The molecule has 3 amide bonds. The Kier molecular flexibility index (Phi) is 7.20. The first kappa shape index (κ1) is 30.4. The first-order valence-corrected chi connectivity index (χ1v) is 16.6. The number of halogens is 2. The van der Waals surface area contributed by atoms with Gasteiger partial charge in [0.2, 0.25) is 17.7 Å². The average Bonchev–Trinajstić information content (AvgIpc) is 3.38. The van der Waals surface area contributed by atoms with Gasteiger partial charge in [-0.1, -0.05) is 97.1 Å². The number of nitrogens with zero attached hydrogens (tertiary/aromatic N) is 1. The smallest absolute Gasteiger partial charge is 0.248 e. The number of imide groups is 1. The van der Waals surface area contributed by atoms with Gasteiger partial charge in [0, 0.05) is 12.1 Å². The van der Waals surface area contributed by atoms with Gasteiger partial charge in [0.25, 0.3) is 0 Å². The zero-order chi connectivity index (χ0) is 33.2. The molecule has 2 bridgehead atoms. The van der Waals surface area contributed by atoms with Gasteiger partial charge in [-0.3, -0.25) is 19.3 Å². The number of hydrogen-bond acceptors (Lipinski definition) is 4. The van der Waals surface area contributed by atoms with Crippen LogP contribution in [0.5, 0.6) is 11.5 Å². The van der Waals surface area contributed by atoms with Gasteiger partial charge in [-0.25, -0.2) is 0 Å². The third-order valence-electron chi connectivity index (χ3n) is 9.95. The van der Waals surface area contributed by atoms with Crippen molar-refractivity contribution in [3.05, 3.63) is 161 Å². The maximum absolute atomic E-state index is 14.7. The molecule has 5 aromatic rings. The van der Waals surface area contributed by atoms with Crippen LogP contribution in [0, 0.1) is 18.8 Å². The lowest BCUT2D eigenvalue weighted by atomic mass is 9.54. The number of rotatable bonds is 7. The summed E-state index contributed by atoms with van der Waals surface area (Å²) in [4.78, 5) is 42.1. The summed E-state index contributed by atoms with van der Waals surface area (Å²) in [5.74, 6) is -2.18. The van der Waals surface area contributed by atoms with Crippen LogP contribution in [0.15, 0.2) is 127 Å². The van der Waals surface area contributed by atoms with Gasteiger partial charge < -0.3 is 10.1 Å². The van der Waals surface area contributed by atoms with Crippen LogP contribution in [0.4, 0.5) is 5.69 Å². The summed E-state index contributed by atoms with van der Waals surface area (Å²) in [6.07, 6.45) is 0.114. The number of nitrogens with one attached hydrogen (secondary N) is 1. The fourth-order valence-corrected chi connectivity index (χ4v) is 8.86. The van der Waals surface area contributed by atoms with Gasteiger partial charge in [-0.05, 0) is 70.6 Å². The SMILES string of the molecule is Cc1ccccc1Oc1ccc(NC(=O)[C@H](Cc2ccccc2)N2C(=O)[C@H]3[C@H](C2=O)C2(Cl)c4ccccc4C3(Cl)c3ccccc32)cc1. The summed E-state index contributed by atoms with van der Waals surface area (Å²) < 4.78 is 6.02. The predicted molar refractivity (Wildman–Crippen MR) is 185 cm³/mol. The molecule has 1 saturated heterocycles. The molecule has 1 heterocycles. The molecule has 1 fully saturated rings. The molecule has 0 spiro atoms. The highest BCUT2D eigenvalue weighted by Gasteiger charge is 2.73. The maximum atomic E-state index is 14.7. The Morgan fingerprint density at radius 3 is 1.71 bits per heavy atom. The van der Waals surface area contributed by atoms with Crippen molar-refractivity contribution in [3.63, 3.8) is 0 Å². The lowest BCUT2D eigenvalue weighted by Gasteiger charge is -2.54. The minimum Gasteiger partial charge on any atom is -0.457 e. The Balaban J connectivity index is 1.16. The Hall–Kier alpha value is -4.91. The molecule has 48 heavy (non-hydrogen) atoms. The van der Waals surface area contributed by atoms with Crippen LogP contribution in [0.3, 0.4) is 0 Å². The second-order valence-electron chi connectivity index (χ2n) is 12.6. The van der Waals surface area contributed by atoms with Crippen molar-refractivity contribution in [1.82, 2.24) is 4.90 Å². The van der Waals surface area contributed by atoms with Gasteiger partial charge in [0.1, 0.15) is 27.3 Å². The topological polar surface area (TPSA) is 75.7 Å². The molecule has 0 aromatic heterocycles. The van der Waals surface area contributed by atoms with Crippen LogP contribution in [0.25, 0.3) is 0 Å². The molecule has 5 aromatic carbocycles. The number of likely N-dealkylation sites (tertiary alicyclic amines) is 1. The van der Waals surface area contributed by atoms with Gasteiger partial charge >= 0.3 is 0 Å². The Labute approximate surface area is 288 Å². The minimum absolute atomic E-state index is 0.114. The van der Waals surface area contributed by atoms with Crippen LogP contribution >= 0.6 is 23.2 Å². The van der Waals surface area contributed by atoms with E-state index < -0.39 is 45.3 Å². The fraction of sp³-hybridized carbons (Fsp3) is 0.175. The number of benzene rings is 5. The Morgan fingerprint density at radius 1 is 0.708 bits per heavy atom. The maximum Gasteiger partial charge on any atom is 0.248 e. The van der Waals surface area contributed by atoms with Crippen molar-refractivity contribution in [2.45, 2.75) is 29.1 Å². The van der Waals surface area contributed by atoms with E-state index in [1.807, 2.05) is 110 Å². The Bertz CT molecular complexity index is 1980. The quantitative estimate of drug-likeness (QED) is 0.141. The predicted octanol–water partition coefficient (Wildman–Crippen LogP) is 7.93. The fourth-order valence-electron chi connectivity index (χ4n) is 7.76. The lowest BCUT2D eigenvalue weighted by molar-refractivity contribution is -0.146. The first-order valence-electron chi connectivity index (χ1n) is 15.9. The van der Waals surface area contributed by atoms with Crippen LogP contribution in [0.2, 0.25) is 0 Å². The van der Waals surface area contributed by atoms with Crippen molar-refractivity contribution in [2.24, 2.45) is 11.8 Å². The van der Waals surface area contributed by atoms with E-state index in [-0.39, 0.29) is 6.42 Å². The second-order valence-corrected chi connectivity index (χ2v) is 13.8. The highest BCUT2D eigenvalue weighted by Crippen LogP contribution is 2.69. The molecule has 0 unspecified atom stereocenters. The number of ether oxygens (including phenoxy) is 1. The van der Waals surface area contributed by atoms with E-state index >= 15 is 0 Å². The molecule has 0 saturated carbocycles. The zero-order valence-electron chi connectivity index (χ0n) is 25.9. The van der Waals surface area contributed by atoms with E-state index in [4.69, 9.17) is 27.9 Å². The van der Waals surface area contributed by atoms with Crippen molar-refractivity contribution in [1.29, 1.82) is 0 Å². The molecule has 1 N–H and O–H groups in total. The van der Waals surface area contributed by atoms with E-state index in [9.17, 15) is 14.4 Å². The minimum atomic E-state index is -1.34. The summed E-state index contributed by atoms with van der Waals surface area (Å²) in [6, 6.07) is 37.9. The molecule has 3 atom stereocenters. The van der Waals surface area contributed by atoms with E-state index in [0.29, 0.717) is 33.7 Å². The third kappa shape index (κ3) is 4.43. The van der Waals surface area contributed by atoms with Crippen LogP contribution in [-0.4, -0.2) is 28.7 Å². The summed E-state index contributed by atoms with van der Waals surface area (Å²) in [5.41, 5.74) is 5.13. The van der Waals surface area contributed by atoms with Crippen molar-refractivity contribution >= 4 is 46.6 Å². The number of aryl methyl sites for hydroxylation is 1. The van der Waals surface area contributed by atoms with Gasteiger partial charge in [-0.2, -0.15) is 0 Å². The monoisotopic (exact) mass is 672 g/mol. The highest BCUT2D eigenvalue weighted by atomic mass is 35.5. The van der Waals surface area contributed by atoms with E-state index in [1.165, 1.54) is 0 Å². The normalized spacial score (nSPS) is 24.0. The third-order valence-corrected chi connectivity index (χ3v) is 11.2. The summed E-state index contributed by atoms with van der Waals surface area (Å²) in [6.45, 7) is 1.97. The zero-order valence-corrected chi connectivity index (χ0v) is 27.4. The number of hydrogen-bond donors (Lipinski definition) is 1. The highest BCUT2D eigenvalue weighted by molar-refractivity contribution is 6.36. The van der Waals surface area contributed by atoms with Crippen molar-refractivity contribution in [3.8, 4) is 11.5 Å². The average molecular weight is 674 g/mol. The van der Waals surface area contributed by atoms with Crippen LogP contribution < -0.4 is 10.1 Å².